The number of amides is 1. The topological polar surface area (TPSA) is 54.9 Å². The molecule has 4 rings (SSSR count). The van der Waals surface area contributed by atoms with Gasteiger partial charge in [-0.05, 0) is 34.5 Å². The summed E-state index contributed by atoms with van der Waals surface area (Å²) in [5.74, 6) is 0.671. The van der Waals surface area contributed by atoms with Gasteiger partial charge in [0.1, 0.15) is 5.01 Å². The fraction of sp³-hybridized carbons (Fsp3) is 0.0500. The second kappa shape index (κ2) is 8.47. The molecule has 134 valence electrons. The Kier molecular flexibility index (Phi) is 5.62. The lowest BCUT2D eigenvalue weighted by Gasteiger charge is -2.08. The largest absolute Gasteiger partial charge is 0.296 e. The van der Waals surface area contributed by atoms with Gasteiger partial charge in [-0.3, -0.25) is 10.1 Å². The number of thiophene rings is 1. The standard InChI is InChI=1S/C20H15N3OS3/c24-18(21-20-23-22-19(27-20)15-6-2-1-3-7-15)16-8-4-5-9-17(16)26-13-14-10-11-25-12-14/h1-12H,13H2,(H,21,23,24). The zero-order valence-electron chi connectivity index (χ0n) is 14.2. The minimum absolute atomic E-state index is 0.167. The molecule has 0 radical (unpaired) electrons. The number of rotatable bonds is 6. The molecule has 0 fully saturated rings. The van der Waals surface area contributed by atoms with E-state index in [9.17, 15) is 4.79 Å². The summed E-state index contributed by atoms with van der Waals surface area (Å²) in [6.07, 6.45) is 0. The quantitative estimate of drug-likeness (QED) is 0.408. The molecule has 1 N–H and O–H groups in total. The first-order chi connectivity index (χ1) is 13.3. The number of aromatic nitrogens is 2. The average molecular weight is 410 g/mol. The Balaban J connectivity index is 1.48. The van der Waals surface area contributed by atoms with E-state index < -0.39 is 0 Å². The molecule has 1 amide bonds. The lowest BCUT2D eigenvalue weighted by atomic mass is 10.2. The van der Waals surface area contributed by atoms with Gasteiger partial charge in [0, 0.05) is 16.2 Å². The molecule has 2 aromatic heterocycles. The monoisotopic (exact) mass is 409 g/mol. The summed E-state index contributed by atoms with van der Waals surface area (Å²) >= 11 is 4.71. The third-order valence-electron chi connectivity index (χ3n) is 3.77. The van der Waals surface area contributed by atoms with E-state index in [1.807, 2.05) is 54.6 Å². The Morgan fingerprint density at radius 1 is 1.00 bits per heavy atom. The molecule has 0 aliphatic rings. The van der Waals surface area contributed by atoms with Crippen LogP contribution in [0.1, 0.15) is 15.9 Å². The fourth-order valence-electron chi connectivity index (χ4n) is 2.45. The summed E-state index contributed by atoms with van der Waals surface area (Å²) in [5, 5.41) is 16.6. The van der Waals surface area contributed by atoms with E-state index in [0.29, 0.717) is 10.7 Å². The van der Waals surface area contributed by atoms with Crippen LogP contribution in [0.5, 0.6) is 0 Å². The minimum Gasteiger partial charge on any atom is -0.296 e. The van der Waals surface area contributed by atoms with Gasteiger partial charge in [0.2, 0.25) is 5.13 Å². The van der Waals surface area contributed by atoms with Crippen molar-refractivity contribution in [3.05, 3.63) is 82.6 Å². The summed E-state index contributed by atoms with van der Waals surface area (Å²) in [5.41, 5.74) is 2.90. The van der Waals surface area contributed by atoms with Crippen LogP contribution in [0.15, 0.2) is 76.3 Å². The molecule has 0 bridgehead atoms. The number of hydrogen-bond acceptors (Lipinski definition) is 6. The van der Waals surface area contributed by atoms with Gasteiger partial charge in [0.25, 0.3) is 5.91 Å². The Labute approximate surface area is 169 Å². The highest BCUT2D eigenvalue weighted by molar-refractivity contribution is 7.98. The second-order valence-corrected chi connectivity index (χ2v) is 8.42. The lowest BCUT2D eigenvalue weighted by Crippen LogP contribution is -2.12. The smallest absolute Gasteiger partial charge is 0.258 e. The highest BCUT2D eigenvalue weighted by Gasteiger charge is 2.14. The normalized spacial score (nSPS) is 10.7. The Morgan fingerprint density at radius 2 is 1.81 bits per heavy atom. The van der Waals surface area contributed by atoms with Gasteiger partial charge in [-0.2, -0.15) is 11.3 Å². The van der Waals surface area contributed by atoms with Crippen molar-refractivity contribution in [3.8, 4) is 10.6 Å². The first-order valence-electron chi connectivity index (χ1n) is 8.23. The molecule has 0 aliphatic heterocycles. The number of anilines is 1. The molecular formula is C20H15N3OS3. The molecule has 27 heavy (non-hydrogen) atoms. The van der Waals surface area contributed by atoms with E-state index in [1.165, 1.54) is 16.9 Å². The Hall–Kier alpha value is -2.48. The molecule has 2 heterocycles. The Morgan fingerprint density at radius 3 is 2.63 bits per heavy atom. The summed E-state index contributed by atoms with van der Waals surface area (Å²) in [7, 11) is 0. The van der Waals surface area contributed by atoms with Crippen LogP contribution in [-0.2, 0) is 5.75 Å². The average Bonchev–Trinajstić information content (AvgIpc) is 3.39. The van der Waals surface area contributed by atoms with E-state index in [2.05, 4.69) is 32.3 Å². The van der Waals surface area contributed by atoms with Crippen LogP contribution in [0.2, 0.25) is 0 Å². The first-order valence-corrected chi connectivity index (χ1v) is 11.0. The number of thioether (sulfide) groups is 1. The number of carbonyl (C=O) groups is 1. The predicted molar refractivity (Wildman–Crippen MR) is 114 cm³/mol. The van der Waals surface area contributed by atoms with Gasteiger partial charge in [0.15, 0.2) is 0 Å². The summed E-state index contributed by atoms with van der Waals surface area (Å²) in [6, 6.07) is 19.6. The van der Waals surface area contributed by atoms with Gasteiger partial charge in [0.05, 0.1) is 5.56 Å². The van der Waals surface area contributed by atoms with Gasteiger partial charge in [-0.25, -0.2) is 0 Å². The molecule has 0 unspecified atom stereocenters. The van der Waals surface area contributed by atoms with E-state index in [4.69, 9.17) is 0 Å². The van der Waals surface area contributed by atoms with Crippen molar-refractivity contribution < 1.29 is 4.79 Å². The van der Waals surface area contributed by atoms with Crippen molar-refractivity contribution >= 4 is 45.5 Å². The van der Waals surface area contributed by atoms with Crippen molar-refractivity contribution in [1.82, 2.24) is 10.2 Å². The molecule has 0 saturated heterocycles. The van der Waals surface area contributed by atoms with Crippen LogP contribution in [-0.4, -0.2) is 16.1 Å². The number of benzene rings is 2. The molecule has 4 nitrogen and oxygen atoms in total. The third kappa shape index (κ3) is 4.44. The number of nitrogens with zero attached hydrogens (tertiary/aromatic N) is 2. The molecule has 4 aromatic rings. The maximum absolute atomic E-state index is 12.8. The van der Waals surface area contributed by atoms with Gasteiger partial charge >= 0.3 is 0 Å². The summed E-state index contributed by atoms with van der Waals surface area (Å²) in [4.78, 5) is 13.7. The maximum atomic E-state index is 12.8. The SMILES string of the molecule is O=C(Nc1nnc(-c2ccccc2)s1)c1ccccc1SCc1ccsc1. The number of hydrogen-bond donors (Lipinski definition) is 1. The molecule has 0 spiro atoms. The van der Waals surface area contributed by atoms with E-state index in [0.717, 1.165) is 21.2 Å². The fourth-order valence-corrected chi connectivity index (χ4v) is 4.96. The van der Waals surface area contributed by atoms with E-state index in [1.54, 1.807) is 23.1 Å². The number of nitrogens with one attached hydrogen (secondary N) is 1. The highest BCUT2D eigenvalue weighted by Crippen LogP contribution is 2.29. The lowest BCUT2D eigenvalue weighted by molar-refractivity contribution is 0.102. The first kappa shape index (κ1) is 17.9. The Bertz CT molecular complexity index is 1030. The van der Waals surface area contributed by atoms with Crippen molar-refractivity contribution in [2.24, 2.45) is 0 Å². The number of carbonyl (C=O) groups excluding carboxylic acids is 1. The molecule has 7 heteroatoms. The predicted octanol–water partition coefficient (Wildman–Crippen LogP) is 5.81. The van der Waals surface area contributed by atoms with Crippen LogP contribution >= 0.6 is 34.4 Å². The molecule has 0 atom stereocenters. The summed E-state index contributed by atoms with van der Waals surface area (Å²) in [6.45, 7) is 0. The summed E-state index contributed by atoms with van der Waals surface area (Å²) < 4.78 is 0. The van der Waals surface area contributed by atoms with E-state index >= 15 is 0 Å². The van der Waals surface area contributed by atoms with Gasteiger partial charge < -0.3 is 0 Å². The highest BCUT2D eigenvalue weighted by atomic mass is 32.2. The molecule has 0 saturated carbocycles. The van der Waals surface area contributed by atoms with Gasteiger partial charge in [-0.1, -0.05) is 53.8 Å². The molecule has 2 aromatic carbocycles. The van der Waals surface area contributed by atoms with Crippen LogP contribution in [0, 0.1) is 0 Å². The van der Waals surface area contributed by atoms with Crippen molar-refractivity contribution in [1.29, 1.82) is 0 Å². The van der Waals surface area contributed by atoms with Crippen molar-refractivity contribution in [2.45, 2.75) is 10.6 Å². The minimum atomic E-state index is -0.167. The molecule has 0 aliphatic carbocycles. The maximum Gasteiger partial charge on any atom is 0.258 e. The van der Waals surface area contributed by atoms with Crippen LogP contribution in [0.4, 0.5) is 5.13 Å². The van der Waals surface area contributed by atoms with Crippen molar-refractivity contribution in [3.63, 3.8) is 0 Å². The zero-order valence-corrected chi connectivity index (χ0v) is 16.6. The van der Waals surface area contributed by atoms with Crippen molar-refractivity contribution in [2.75, 3.05) is 5.32 Å². The van der Waals surface area contributed by atoms with Crippen LogP contribution < -0.4 is 5.32 Å². The van der Waals surface area contributed by atoms with Crippen LogP contribution in [0.25, 0.3) is 10.6 Å². The molecular weight excluding hydrogens is 394 g/mol. The van der Waals surface area contributed by atoms with Crippen LogP contribution in [0.3, 0.4) is 0 Å². The van der Waals surface area contributed by atoms with E-state index in [-0.39, 0.29) is 5.91 Å². The zero-order chi connectivity index (χ0) is 18.5. The second-order valence-electron chi connectivity index (χ2n) is 5.65. The van der Waals surface area contributed by atoms with Gasteiger partial charge in [-0.15, -0.1) is 22.0 Å². The third-order valence-corrected chi connectivity index (χ3v) is 6.54.